The Kier molecular flexibility index (Phi) is 5.31. The van der Waals surface area contributed by atoms with Crippen LogP contribution in [0.4, 0.5) is 0 Å². The van der Waals surface area contributed by atoms with Gasteiger partial charge in [-0.25, -0.2) is 0 Å². The molecular weight excluding hydrogens is 276 g/mol. The zero-order valence-corrected chi connectivity index (χ0v) is 12.8. The van der Waals surface area contributed by atoms with E-state index in [4.69, 9.17) is 0 Å². The molecule has 0 aliphatic rings. The fraction of sp³-hybridized carbons (Fsp3) is 0.222. The van der Waals surface area contributed by atoms with Gasteiger partial charge in [-0.1, -0.05) is 48.0 Å². The first-order valence-electron chi connectivity index (χ1n) is 7.26. The second-order valence-corrected chi connectivity index (χ2v) is 5.31. The molecule has 0 aromatic heterocycles. The van der Waals surface area contributed by atoms with Gasteiger partial charge >= 0.3 is 0 Å². The van der Waals surface area contributed by atoms with Gasteiger partial charge in [0.15, 0.2) is 0 Å². The van der Waals surface area contributed by atoms with E-state index >= 15 is 0 Å². The van der Waals surface area contributed by atoms with Crippen molar-refractivity contribution in [2.24, 2.45) is 0 Å². The lowest BCUT2D eigenvalue weighted by Gasteiger charge is -2.09. The molecule has 0 heterocycles. The lowest BCUT2D eigenvalue weighted by Crippen LogP contribution is -2.41. The Bertz CT molecular complexity index is 666. The summed E-state index contributed by atoms with van der Waals surface area (Å²) >= 11 is 0. The zero-order chi connectivity index (χ0) is 15.9. The van der Waals surface area contributed by atoms with Gasteiger partial charge in [-0.3, -0.25) is 20.4 Å². The molecule has 114 valence electrons. The standard InChI is InChI=1S/C18H20N2O2/c1-13-8-10-16(14(2)12-13)18(22)20-19-17(21)11-9-15-6-4-3-5-7-15/h3-8,10,12H,9,11H2,1-2H3,(H,19,21)(H,20,22). The van der Waals surface area contributed by atoms with E-state index in [0.29, 0.717) is 18.4 Å². The van der Waals surface area contributed by atoms with Crippen LogP contribution in [0.3, 0.4) is 0 Å². The van der Waals surface area contributed by atoms with E-state index in [9.17, 15) is 9.59 Å². The number of benzene rings is 2. The number of nitrogens with one attached hydrogen (secondary N) is 2. The highest BCUT2D eigenvalue weighted by molar-refractivity contribution is 5.96. The molecule has 22 heavy (non-hydrogen) atoms. The molecule has 0 aliphatic heterocycles. The van der Waals surface area contributed by atoms with E-state index in [-0.39, 0.29) is 11.8 Å². The maximum Gasteiger partial charge on any atom is 0.269 e. The van der Waals surface area contributed by atoms with Gasteiger partial charge in [0.1, 0.15) is 0 Å². The summed E-state index contributed by atoms with van der Waals surface area (Å²) in [5, 5.41) is 0. The van der Waals surface area contributed by atoms with Crippen LogP contribution in [-0.4, -0.2) is 11.8 Å². The number of rotatable bonds is 4. The molecule has 0 radical (unpaired) electrons. The first-order valence-corrected chi connectivity index (χ1v) is 7.26. The predicted molar refractivity (Wildman–Crippen MR) is 86.3 cm³/mol. The summed E-state index contributed by atoms with van der Waals surface area (Å²) in [6.07, 6.45) is 0.975. The van der Waals surface area contributed by atoms with Crippen LogP contribution >= 0.6 is 0 Å². The highest BCUT2D eigenvalue weighted by atomic mass is 16.2. The highest BCUT2D eigenvalue weighted by Gasteiger charge is 2.10. The number of hydrogen-bond acceptors (Lipinski definition) is 2. The van der Waals surface area contributed by atoms with Gasteiger partial charge in [-0.15, -0.1) is 0 Å². The Morgan fingerprint density at radius 3 is 2.36 bits per heavy atom. The molecule has 4 heteroatoms. The number of hydrazine groups is 1. The van der Waals surface area contributed by atoms with Gasteiger partial charge in [0.2, 0.25) is 5.91 Å². The van der Waals surface area contributed by atoms with Crippen molar-refractivity contribution in [1.82, 2.24) is 10.9 Å². The van der Waals surface area contributed by atoms with E-state index in [2.05, 4.69) is 10.9 Å². The Labute approximate surface area is 130 Å². The van der Waals surface area contributed by atoms with Crippen LogP contribution in [0.5, 0.6) is 0 Å². The minimum absolute atomic E-state index is 0.207. The van der Waals surface area contributed by atoms with Crippen LogP contribution in [0.1, 0.15) is 33.5 Å². The minimum atomic E-state index is -0.300. The first-order chi connectivity index (χ1) is 10.6. The molecule has 0 spiro atoms. The average Bonchev–Trinajstić information content (AvgIpc) is 2.51. The quantitative estimate of drug-likeness (QED) is 0.852. The molecular formula is C18H20N2O2. The fourth-order valence-electron chi connectivity index (χ4n) is 2.23. The van der Waals surface area contributed by atoms with E-state index < -0.39 is 0 Å². The van der Waals surface area contributed by atoms with Crippen LogP contribution in [0.15, 0.2) is 48.5 Å². The summed E-state index contributed by atoms with van der Waals surface area (Å²) in [6.45, 7) is 3.85. The average molecular weight is 296 g/mol. The zero-order valence-electron chi connectivity index (χ0n) is 12.8. The molecule has 2 rings (SSSR count). The molecule has 2 aromatic rings. The third-order valence-electron chi connectivity index (χ3n) is 3.43. The molecule has 2 amide bonds. The summed E-state index contributed by atoms with van der Waals surface area (Å²) in [5.41, 5.74) is 8.55. The molecule has 0 atom stereocenters. The smallest absolute Gasteiger partial charge is 0.269 e. The summed E-state index contributed by atoms with van der Waals surface area (Å²) in [7, 11) is 0. The monoisotopic (exact) mass is 296 g/mol. The Morgan fingerprint density at radius 2 is 1.68 bits per heavy atom. The predicted octanol–water partition coefficient (Wildman–Crippen LogP) is 2.70. The van der Waals surface area contributed by atoms with Crippen molar-refractivity contribution in [2.45, 2.75) is 26.7 Å². The fourth-order valence-corrected chi connectivity index (χ4v) is 2.23. The molecule has 0 bridgehead atoms. The lowest BCUT2D eigenvalue weighted by molar-refractivity contribution is -0.121. The van der Waals surface area contributed by atoms with Crippen molar-refractivity contribution >= 4 is 11.8 Å². The molecule has 4 nitrogen and oxygen atoms in total. The van der Waals surface area contributed by atoms with Gasteiger partial charge in [0, 0.05) is 12.0 Å². The lowest BCUT2D eigenvalue weighted by atomic mass is 10.1. The van der Waals surface area contributed by atoms with Crippen LogP contribution in [0.25, 0.3) is 0 Å². The van der Waals surface area contributed by atoms with Gasteiger partial charge in [0.05, 0.1) is 0 Å². The van der Waals surface area contributed by atoms with Gasteiger partial charge in [0.25, 0.3) is 5.91 Å². The molecule has 0 aliphatic carbocycles. The van der Waals surface area contributed by atoms with Crippen LogP contribution in [-0.2, 0) is 11.2 Å². The van der Waals surface area contributed by atoms with Crippen molar-refractivity contribution in [3.8, 4) is 0 Å². The Balaban J connectivity index is 1.82. The molecule has 0 unspecified atom stereocenters. The molecule has 2 N–H and O–H groups in total. The van der Waals surface area contributed by atoms with Crippen LogP contribution in [0.2, 0.25) is 0 Å². The van der Waals surface area contributed by atoms with Crippen molar-refractivity contribution < 1.29 is 9.59 Å². The Hall–Kier alpha value is -2.62. The van der Waals surface area contributed by atoms with Crippen molar-refractivity contribution in [3.63, 3.8) is 0 Å². The maximum atomic E-state index is 12.0. The maximum absolute atomic E-state index is 12.0. The Morgan fingerprint density at radius 1 is 0.955 bits per heavy atom. The molecule has 2 aromatic carbocycles. The van der Waals surface area contributed by atoms with E-state index in [1.807, 2.05) is 56.3 Å². The minimum Gasteiger partial charge on any atom is -0.273 e. The third kappa shape index (κ3) is 4.45. The van der Waals surface area contributed by atoms with E-state index in [0.717, 1.165) is 16.7 Å². The molecule has 0 fully saturated rings. The molecule has 0 saturated carbocycles. The molecule has 0 saturated heterocycles. The summed E-state index contributed by atoms with van der Waals surface area (Å²) in [5.74, 6) is -0.507. The third-order valence-corrected chi connectivity index (χ3v) is 3.43. The number of aryl methyl sites for hydroxylation is 3. The van der Waals surface area contributed by atoms with E-state index in [1.54, 1.807) is 6.07 Å². The second kappa shape index (κ2) is 7.41. The number of carbonyl (C=O) groups excluding carboxylic acids is 2. The number of carbonyl (C=O) groups is 2. The van der Waals surface area contributed by atoms with E-state index in [1.165, 1.54) is 0 Å². The summed E-state index contributed by atoms with van der Waals surface area (Å²) < 4.78 is 0. The SMILES string of the molecule is Cc1ccc(C(=O)NNC(=O)CCc2ccccc2)c(C)c1. The first kappa shape index (κ1) is 15.8. The topological polar surface area (TPSA) is 58.2 Å². The van der Waals surface area contributed by atoms with Gasteiger partial charge in [-0.05, 0) is 37.5 Å². The highest BCUT2D eigenvalue weighted by Crippen LogP contribution is 2.10. The van der Waals surface area contributed by atoms with Crippen molar-refractivity contribution in [2.75, 3.05) is 0 Å². The largest absolute Gasteiger partial charge is 0.273 e. The van der Waals surface area contributed by atoms with Gasteiger partial charge in [-0.2, -0.15) is 0 Å². The van der Waals surface area contributed by atoms with Crippen molar-refractivity contribution in [1.29, 1.82) is 0 Å². The van der Waals surface area contributed by atoms with Crippen molar-refractivity contribution in [3.05, 3.63) is 70.8 Å². The summed E-state index contributed by atoms with van der Waals surface area (Å²) in [6, 6.07) is 15.3. The summed E-state index contributed by atoms with van der Waals surface area (Å²) in [4.78, 5) is 23.8. The second-order valence-electron chi connectivity index (χ2n) is 5.31. The normalized spacial score (nSPS) is 10.1. The van der Waals surface area contributed by atoms with Gasteiger partial charge < -0.3 is 0 Å². The number of amides is 2. The van der Waals surface area contributed by atoms with Crippen LogP contribution in [0, 0.1) is 13.8 Å². The number of hydrogen-bond donors (Lipinski definition) is 2. The van der Waals surface area contributed by atoms with Crippen LogP contribution < -0.4 is 10.9 Å².